The van der Waals surface area contributed by atoms with Crippen molar-refractivity contribution in [2.24, 2.45) is 0 Å². The van der Waals surface area contributed by atoms with Crippen molar-refractivity contribution in [2.45, 2.75) is 33.6 Å². The van der Waals surface area contributed by atoms with Gasteiger partial charge in [0.15, 0.2) is 5.76 Å². The predicted octanol–water partition coefficient (Wildman–Crippen LogP) is 3.98. The van der Waals surface area contributed by atoms with Gasteiger partial charge in [-0.25, -0.2) is 0 Å². The summed E-state index contributed by atoms with van der Waals surface area (Å²) in [6.07, 6.45) is 1.49. The Bertz CT molecular complexity index is 641. The first kappa shape index (κ1) is 14.2. The lowest BCUT2D eigenvalue weighted by Crippen LogP contribution is -2.13. The molecular formula is C16H19NO3. The number of carbonyl (C=O) groups excluding carboxylic acids is 1. The van der Waals surface area contributed by atoms with Gasteiger partial charge in [0.2, 0.25) is 0 Å². The molecule has 1 aromatic heterocycles. The lowest BCUT2D eigenvalue weighted by atomic mass is 9.99. The molecule has 0 saturated carbocycles. The number of anilines is 1. The number of aromatic hydroxyl groups is 1. The molecule has 106 valence electrons. The zero-order chi connectivity index (χ0) is 14.9. The number of benzene rings is 1. The van der Waals surface area contributed by atoms with Gasteiger partial charge in [0, 0.05) is 11.3 Å². The second kappa shape index (κ2) is 5.41. The summed E-state index contributed by atoms with van der Waals surface area (Å²) in [6.45, 7) is 7.65. The molecule has 4 nitrogen and oxygen atoms in total. The van der Waals surface area contributed by atoms with Crippen LogP contribution in [0.4, 0.5) is 5.69 Å². The maximum Gasteiger partial charge on any atom is 0.291 e. The first-order valence-electron chi connectivity index (χ1n) is 6.59. The average Bonchev–Trinajstić information content (AvgIpc) is 2.78. The van der Waals surface area contributed by atoms with E-state index < -0.39 is 0 Å². The van der Waals surface area contributed by atoms with Crippen LogP contribution in [-0.4, -0.2) is 11.0 Å². The van der Waals surface area contributed by atoms with Crippen LogP contribution in [0.3, 0.4) is 0 Å². The largest absolute Gasteiger partial charge is 0.508 e. The van der Waals surface area contributed by atoms with E-state index in [1.54, 1.807) is 12.1 Å². The third-order valence-corrected chi connectivity index (χ3v) is 3.31. The molecule has 0 unspecified atom stereocenters. The number of hydrogen-bond donors (Lipinski definition) is 2. The van der Waals surface area contributed by atoms with Crippen molar-refractivity contribution in [1.82, 2.24) is 0 Å². The summed E-state index contributed by atoms with van der Waals surface area (Å²) in [5.41, 5.74) is 3.10. The summed E-state index contributed by atoms with van der Waals surface area (Å²) in [5.74, 6) is 0.459. The molecule has 0 aliphatic heterocycles. The molecule has 4 heteroatoms. The number of amides is 1. The van der Waals surface area contributed by atoms with E-state index in [2.05, 4.69) is 5.32 Å². The Hall–Kier alpha value is -2.23. The van der Waals surface area contributed by atoms with Crippen molar-refractivity contribution in [3.63, 3.8) is 0 Å². The van der Waals surface area contributed by atoms with Gasteiger partial charge in [0.25, 0.3) is 5.91 Å². The molecule has 2 rings (SSSR count). The van der Waals surface area contributed by atoms with Crippen LogP contribution in [-0.2, 0) is 0 Å². The van der Waals surface area contributed by atoms with Crippen LogP contribution in [0.2, 0.25) is 0 Å². The van der Waals surface area contributed by atoms with Gasteiger partial charge in [-0.3, -0.25) is 4.79 Å². The van der Waals surface area contributed by atoms with Gasteiger partial charge in [0.05, 0.1) is 6.26 Å². The van der Waals surface area contributed by atoms with Crippen molar-refractivity contribution in [1.29, 1.82) is 0 Å². The Balaban J connectivity index is 2.32. The predicted molar refractivity (Wildman–Crippen MR) is 78.3 cm³/mol. The normalized spacial score (nSPS) is 10.8. The van der Waals surface area contributed by atoms with Gasteiger partial charge < -0.3 is 14.8 Å². The number of phenolic OH excluding ortho intramolecular Hbond substituents is 1. The van der Waals surface area contributed by atoms with Gasteiger partial charge in [-0.1, -0.05) is 13.8 Å². The molecule has 0 atom stereocenters. The first-order chi connectivity index (χ1) is 9.40. The molecule has 1 aromatic carbocycles. The summed E-state index contributed by atoms with van der Waals surface area (Å²) < 4.78 is 5.18. The van der Waals surface area contributed by atoms with E-state index in [0.29, 0.717) is 11.4 Å². The number of rotatable bonds is 3. The highest BCUT2D eigenvalue weighted by Crippen LogP contribution is 2.31. The van der Waals surface area contributed by atoms with E-state index in [1.165, 1.54) is 6.26 Å². The quantitative estimate of drug-likeness (QED) is 0.831. The zero-order valence-corrected chi connectivity index (χ0v) is 12.2. The number of aryl methyl sites for hydroxylation is 2. The van der Waals surface area contributed by atoms with Crippen LogP contribution < -0.4 is 5.32 Å². The monoisotopic (exact) mass is 273 g/mol. The van der Waals surface area contributed by atoms with Gasteiger partial charge in [-0.15, -0.1) is 0 Å². The third-order valence-electron chi connectivity index (χ3n) is 3.31. The van der Waals surface area contributed by atoms with Gasteiger partial charge >= 0.3 is 0 Å². The first-order valence-corrected chi connectivity index (χ1v) is 6.59. The fraction of sp³-hybridized carbons (Fsp3) is 0.312. The molecule has 0 fully saturated rings. The SMILES string of the molecule is Cc1cc(O)c(C(C)C)cc1NC(=O)c1occc1C. The number of furan rings is 1. The minimum atomic E-state index is -0.281. The highest BCUT2D eigenvalue weighted by atomic mass is 16.3. The molecule has 0 radical (unpaired) electrons. The molecular weight excluding hydrogens is 254 g/mol. The zero-order valence-electron chi connectivity index (χ0n) is 12.2. The Morgan fingerprint density at radius 3 is 2.50 bits per heavy atom. The number of nitrogens with one attached hydrogen (secondary N) is 1. The molecule has 0 saturated heterocycles. The molecule has 0 aliphatic carbocycles. The van der Waals surface area contributed by atoms with E-state index in [-0.39, 0.29) is 17.6 Å². The van der Waals surface area contributed by atoms with E-state index in [9.17, 15) is 9.90 Å². The van der Waals surface area contributed by atoms with Gasteiger partial charge in [0.1, 0.15) is 5.75 Å². The standard InChI is InChI=1S/C16H19NO3/c1-9(2)12-8-13(11(4)7-14(12)18)17-16(19)15-10(3)5-6-20-15/h5-9,18H,1-4H3,(H,17,19). The topological polar surface area (TPSA) is 62.5 Å². The summed E-state index contributed by atoms with van der Waals surface area (Å²) in [7, 11) is 0. The Morgan fingerprint density at radius 2 is 1.95 bits per heavy atom. The molecule has 20 heavy (non-hydrogen) atoms. The van der Waals surface area contributed by atoms with Crippen molar-refractivity contribution in [3.05, 3.63) is 46.9 Å². The van der Waals surface area contributed by atoms with Crippen molar-refractivity contribution in [2.75, 3.05) is 5.32 Å². The second-order valence-corrected chi connectivity index (χ2v) is 5.27. The van der Waals surface area contributed by atoms with Crippen LogP contribution in [0.15, 0.2) is 28.9 Å². The van der Waals surface area contributed by atoms with E-state index in [0.717, 1.165) is 16.7 Å². The van der Waals surface area contributed by atoms with Crippen LogP contribution >= 0.6 is 0 Å². The van der Waals surface area contributed by atoms with E-state index >= 15 is 0 Å². The van der Waals surface area contributed by atoms with Gasteiger partial charge in [-0.2, -0.15) is 0 Å². The minimum Gasteiger partial charge on any atom is -0.508 e. The average molecular weight is 273 g/mol. The molecule has 1 heterocycles. The molecule has 2 aromatic rings. The fourth-order valence-electron chi connectivity index (χ4n) is 2.09. The summed E-state index contributed by atoms with van der Waals surface area (Å²) in [6, 6.07) is 5.23. The summed E-state index contributed by atoms with van der Waals surface area (Å²) in [4.78, 5) is 12.1. The number of hydrogen-bond acceptors (Lipinski definition) is 3. The molecule has 0 bridgehead atoms. The second-order valence-electron chi connectivity index (χ2n) is 5.27. The van der Waals surface area contributed by atoms with Crippen LogP contribution in [0.25, 0.3) is 0 Å². The lowest BCUT2D eigenvalue weighted by molar-refractivity contribution is 0.0995. The van der Waals surface area contributed by atoms with E-state index in [1.807, 2.05) is 33.8 Å². The lowest BCUT2D eigenvalue weighted by Gasteiger charge is -2.14. The molecule has 2 N–H and O–H groups in total. The van der Waals surface area contributed by atoms with Crippen molar-refractivity contribution in [3.8, 4) is 5.75 Å². The number of carbonyl (C=O) groups is 1. The third kappa shape index (κ3) is 2.69. The van der Waals surface area contributed by atoms with Crippen LogP contribution in [0.5, 0.6) is 5.75 Å². The molecule has 1 amide bonds. The highest BCUT2D eigenvalue weighted by molar-refractivity contribution is 6.03. The minimum absolute atomic E-state index is 0.177. The maximum atomic E-state index is 12.1. The Kier molecular flexibility index (Phi) is 3.84. The van der Waals surface area contributed by atoms with Crippen molar-refractivity contribution >= 4 is 11.6 Å². The van der Waals surface area contributed by atoms with Gasteiger partial charge in [-0.05, 0) is 49.1 Å². The fourth-order valence-corrected chi connectivity index (χ4v) is 2.09. The molecule has 0 aliphatic rings. The Morgan fingerprint density at radius 1 is 1.25 bits per heavy atom. The van der Waals surface area contributed by atoms with Crippen LogP contribution in [0.1, 0.15) is 47.0 Å². The smallest absolute Gasteiger partial charge is 0.291 e. The van der Waals surface area contributed by atoms with Crippen molar-refractivity contribution < 1.29 is 14.3 Å². The number of phenols is 1. The summed E-state index contributed by atoms with van der Waals surface area (Å²) in [5, 5.41) is 12.7. The maximum absolute atomic E-state index is 12.1. The summed E-state index contributed by atoms with van der Waals surface area (Å²) >= 11 is 0. The highest BCUT2D eigenvalue weighted by Gasteiger charge is 2.16. The Labute approximate surface area is 118 Å². The molecule has 0 spiro atoms. The van der Waals surface area contributed by atoms with Crippen LogP contribution in [0, 0.1) is 13.8 Å². The van der Waals surface area contributed by atoms with E-state index in [4.69, 9.17) is 4.42 Å².